The van der Waals surface area contributed by atoms with Crippen LogP contribution in [0, 0.1) is 0 Å². The van der Waals surface area contributed by atoms with Crippen LogP contribution in [0.4, 0.5) is 0 Å². The van der Waals surface area contributed by atoms with Crippen LogP contribution in [0.3, 0.4) is 0 Å². The number of hydrogen-bond donors (Lipinski definition) is 0. The molecule has 1 aromatic heterocycles. The van der Waals surface area contributed by atoms with E-state index in [9.17, 15) is 14.2 Å². The maximum absolute atomic E-state index is 12.4. The number of nitrogens with zero attached hydrogens (tertiary/aromatic N) is 2. The predicted octanol–water partition coefficient (Wildman–Crippen LogP) is 3.08. The highest BCUT2D eigenvalue weighted by Gasteiger charge is 2.25. The summed E-state index contributed by atoms with van der Waals surface area (Å²) in [7, 11) is 0. The smallest absolute Gasteiger partial charge is 0.300 e. The van der Waals surface area contributed by atoms with Gasteiger partial charge in [0.25, 0.3) is 11.4 Å². The average molecular weight is 412 g/mol. The van der Waals surface area contributed by atoms with Crippen LogP contribution in [-0.4, -0.2) is 9.13 Å². The molecule has 0 unspecified atom stereocenters. The fourth-order valence-corrected chi connectivity index (χ4v) is 3.37. The standard InChI is InChI=1S/C12H10BrCl2N2O3P/c1-2-16-7-10(21(14,15)20)11(18)17(12(16)19)9-5-3-8(13)4-6-9/h3-7H,2H2,1H3. The molecule has 0 spiro atoms. The van der Waals surface area contributed by atoms with Crippen molar-refractivity contribution in [2.24, 2.45) is 0 Å². The summed E-state index contributed by atoms with van der Waals surface area (Å²) in [6, 6.07) is 6.55. The second-order valence-corrected chi connectivity index (χ2v) is 9.86. The molecule has 1 aromatic carbocycles. The molecule has 0 saturated heterocycles. The van der Waals surface area contributed by atoms with Crippen LogP contribution in [0.1, 0.15) is 6.92 Å². The van der Waals surface area contributed by atoms with Crippen molar-refractivity contribution in [3.05, 3.63) is 55.8 Å². The topological polar surface area (TPSA) is 61.1 Å². The van der Waals surface area contributed by atoms with Gasteiger partial charge in [-0.05, 0) is 53.7 Å². The number of hydrogen-bond acceptors (Lipinski definition) is 3. The summed E-state index contributed by atoms with van der Waals surface area (Å²) in [5, 5.41) is -0.282. The number of halogens is 3. The van der Waals surface area contributed by atoms with Gasteiger partial charge in [0.1, 0.15) is 5.30 Å². The van der Waals surface area contributed by atoms with Crippen molar-refractivity contribution < 1.29 is 4.57 Å². The Kier molecular flexibility index (Phi) is 4.83. The minimum atomic E-state index is -3.83. The van der Waals surface area contributed by atoms with E-state index in [1.807, 2.05) is 0 Å². The van der Waals surface area contributed by atoms with Crippen molar-refractivity contribution in [3.8, 4) is 5.69 Å². The van der Waals surface area contributed by atoms with Crippen LogP contribution < -0.4 is 16.6 Å². The number of aromatic nitrogens is 2. The lowest BCUT2D eigenvalue weighted by Gasteiger charge is -2.12. The third-order valence-electron chi connectivity index (χ3n) is 2.84. The first-order chi connectivity index (χ1) is 9.75. The van der Waals surface area contributed by atoms with Crippen molar-refractivity contribution >= 4 is 49.6 Å². The predicted molar refractivity (Wildman–Crippen MR) is 88.6 cm³/mol. The van der Waals surface area contributed by atoms with Gasteiger partial charge in [0.2, 0.25) is 0 Å². The van der Waals surface area contributed by atoms with Crippen LogP contribution in [-0.2, 0) is 11.1 Å². The molecule has 2 rings (SSSR count). The summed E-state index contributed by atoms with van der Waals surface area (Å²) in [6.07, 6.45) is 1.15. The number of aryl methyl sites for hydroxylation is 1. The second-order valence-electron chi connectivity index (χ2n) is 4.16. The summed E-state index contributed by atoms with van der Waals surface area (Å²) in [4.78, 5) is 24.7. The second kappa shape index (κ2) is 6.13. The van der Waals surface area contributed by atoms with E-state index in [1.165, 1.54) is 4.57 Å². The molecule has 0 atom stereocenters. The Hall–Kier alpha value is -0.810. The summed E-state index contributed by atoms with van der Waals surface area (Å²) in [5.41, 5.74) is -0.977. The highest BCUT2D eigenvalue weighted by molar-refractivity contribution is 9.10. The van der Waals surface area contributed by atoms with Gasteiger partial charge in [-0.2, -0.15) is 0 Å². The quantitative estimate of drug-likeness (QED) is 0.729. The van der Waals surface area contributed by atoms with E-state index in [0.717, 1.165) is 15.2 Å². The van der Waals surface area contributed by atoms with Crippen LogP contribution in [0.2, 0.25) is 0 Å². The zero-order chi connectivity index (χ0) is 15.8. The summed E-state index contributed by atoms with van der Waals surface area (Å²) in [6.45, 7) is 2.01. The molecule has 0 aliphatic carbocycles. The molecular weight excluding hydrogens is 402 g/mol. The van der Waals surface area contributed by atoms with E-state index < -0.39 is 17.1 Å². The molecule has 0 bridgehead atoms. The molecule has 0 fully saturated rings. The van der Waals surface area contributed by atoms with Gasteiger partial charge < -0.3 is 0 Å². The lowest BCUT2D eigenvalue weighted by Crippen LogP contribution is -2.45. The van der Waals surface area contributed by atoms with Crippen LogP contribution >= 0.6 is 44.3 Å². The largest absolute Gasteiger partial charge is 0.335 e. The molecule has 9 heteroatoms. The molecular formula is C12H10BrCl2N2O3P. The number of benzene rings is 1. The van der Waals surface area contributed by atoms with Crippen molar-refractivity contribution in [1.29, 1.82) is 0 Å². The highest BCUT2D eigenvalue weighted by atomic mass is 79.9. The average Bonchev–Trinajstić information content (AvgIpc) is 2.40. The van der Waals surface area contributed by atoms with E-state index in [1.54, 1.807) is 31.2 Å². The van der Waals surface area contributed by atoms with Gasteiger partial charge in [-0.3, -0.25) is 13.9 Å². The Morgan fingerprint density at radius 3 is 2.24 bits per heavy atom. The molecule has 21 heavy (non-hydrogen) atoms. The van der Waals surface area contributed by atoms with E-state index in [4.69, 9.17) is 22.5 Å². The highest BCUT2D eigenvalue weighted by Crippen LogP contribution is 2.54. The summed E-state index contributed by atoms with van der Waals surface area (Å²) in [5.74, 6) is -3.83. The lowest BCUT2D eigenvalue weighted by molar-refractivity contribution is 0.596. The summed E-state index contributed by atoms with van der Waals surface area (Å²) >= 11 is 14.5. The number of rotatable bonds is 3. The SMILES string of the molecule is CCn1cc(P(=O)(Cl)Cl)c(=O)n(-c2ccc(Br)cc2)c1=O. The molecule has 0 amide bonds. The first-order valence-electron chi connectivity index (χ1n) is 5.88. The first-order valence-corrected chi connectivity index (χ1v) is 10.2. The Labute approximate surface area is 138 Å². The van der Waals surface area contributed by atoms with Crippen LogP contribution in [0.15, 0.2) is 44.5 Å². The normalized spacial score (nSPS) is 11.6. The molecule has 0 N–H and O–H groups in total. The van der Waals surface area contributed by atoms with Gasteiger partial charge in [0.05, 0.1) is 5.69 Å². The van der Waals surface area contributed by atoms with Gasteiger partial charge in [0.15, 0.2) is 0 Å². The third-order valence-corrected chi connectivity index (χ3v) is 5.33. The van der Waals surface area contributed by atoms with E-state index in [0.29, 0.717) is 5.69 Å². The monoisotopic (exact) mass is 410 g/mol. The first kappa shape index (κ1) is 16.6. The Balaban J connectivity index is 2.88. The maximum atomic E-state index is 12.4. The maximum Gasteiger partial charge on any atom is 0.335 e. The Bertz CT molecular complexity index is 839. The molecule has 5 nitrogen and oxygen atoms in total. The van der Waals surface area contributed by atoms with Gasteiger partial charge in [-0.25, -0.2) is 9.36 Å². The minimum absolute atomic E-state index is 0.282. The van der Waals surface area contributed by atoms with Crippen molar-refractivity contribution in [2.75, 3.05) is 0 Å². The van der Waals surface area contributed by atoms with Crippen LogP contribution in [0.25, 0.3) is 5.69 Å². The molecule has 0 aliphatic rings. The molecule has 0 radical (unpaired) electrons. The van der Waals surface area contributed by atoms with E-state index >= 15 is 0 Å². The molecule has 0 saturated carbocycles. The minimum Gasteiger partial charge on any atom is -0.300 e. The van der Waals surface area contributed by atoms with Gasteiger partial charge >= 0.3 is 5.69 Å². The molecule has 0 aliphatic heterocycles. The Morgan fingerprint density at radius 1 is 1.19 bits per heavy atom. The van der Waals surface area contributed by atoms with Gasteiger partial charge in [-0.15, -0.1) is 0 Å². The van der Waals surface area contributed by atoms with Gasteiger partial charge in [0, 0.05) is 17.2 Å². The zero-order valence-corrected chi connectivity index (χ0v) is 14.8. The van der Waals surface area contributed by atoms with Crippen molar-refractivity contribution in [2.45, 2.75) is 13.5 Å². The zero-order valence-electron chi connectivity index (χ0n) is 10.8. The fourth-order valence-electron chi connectivity index (χ4n) is 1.81. The lowest BCUT2D eigenvalue weighted by atomic mass is 10.3. The molecule has 2 aromatic rings. The van der Waals surface area contributed by atoms with Crippen molar-refractivity contribution in [1.82, 2.24) is 9.13 Å². The Morgan fingerprint density at radius 2 is 1.76 bits per heavy atom. The molecule has 112 valence electrons. The summed E-state index contributed by atoms with van der Waals surface area (Å²) < 4.78 is 14.8. The van der Waals surface area contributed by atoms with E-state index in [2.05, 4.69) is 15.9 Å². The van der Waals surface area contributed by atoms with E-state index in [-0.39, 0.29) is 11.8 Å². The third kappa shape index (κ3) is 3.34. The van der Waals surface area contributed by atoms with Crippen molar-refractivity contribution in [3.63, 3.8) is 0 Å². The van der Waals surface area contributed by atoms with Gasteiger partial charge in [-0.1, -0.05) is 15.9 Å². The van der Waals surface area contributed by atoms with Crippen LogP contribution in [0.5, 0.6) is 0 Å². The fraction of sp³-hybridized carbons (Fsp3) is 0.167. The molecule has 1 heterocycles.